The molecule has 2 fully saturated rings. The van der Waals surface area contributed by atoms with E-state index in [1.54, 1.807) is 18.3 Å². The molecule has 2 saturated heterocycles. The van der Waals surface area contributed by atoms with Crippen LogP contribution < -0.4 is 0 Å². The van der Waals surface area contributed by atoms with Crippen LogP contribution in [0.3, 0.4) is 0 Å². The lowest BCUT2D eigenvalue weighted by atomic mass is 9.96. The molecule has 7 heteroatoms. The molecular formula is C21H23N3O4. The van der Waals surface area contributed by atoms with Crippen LogP contribution in [-0.4, -0.2) is 63.2 Å². The van der Waals surface area contributed by atoms with Gasteiger partial charge in [-0.25, -0.2) is 4.79 Å². The molecule has 1 aromatic carbocycles. The van der Waals surface area contributed by atoms with Crippen molar-refractivity contribution in [2.24, 2.45) is 0 Å². The number of amides is 1. The third-order valence-corrected chi connectivity index (χ3v) is 5.56. The highest BCUT2D eigenvalue weighted by Gasteiger charge is 2.54. The Balaban J connectivity index is 1.52. The van der Waals surface area contributed by atoms with E-state index in [1.807, 2.05) is 18.2 Å². The Kier molecular flexibility index (Phi) is 5.11. The number of carbonyl (C=O) groups excluding carboxylic acids is 1. The van der Waals surface area contributed by atoms with Crippen LogP contribution in [0.25, 0.3) is 0 Å². The summed E-state index contributed by atoms with van der Waals surface area (Å²) in [4.78, 5) is 32.7. The molecule has 2 aliphatic heterocycles. The lowest BCUT2D eigenvalue weighted by Crippen LogP contribution is -2.58. The number of aromatic nitrogens is 1. The van der Waals surface area contributed by atoms with E-state index in [4.69, 9.17) is 4.74 Å². The van der Waals surface area contributed by atoms with Gasteiger partial charge < -0.3 is 9.84 Å². The molecule has 1 N–H and O–H groups in total. The van der Waals surface area contributed by atoms with Crippen molar-refractivity contribution in [1.29, 1.82) is 0 Å². The van der Waals surface area contributed by atoms with Gasteiger partial charge in [0.2, 0.25) is 0 Å². The summed E-state index contributed by atoms with van der Waals surface area (Å²) in [5.74, 6) is -1.38. The van der Waals surface area contributed by atoms with Crippen molar-refractivity contribution in [3.63, 3.8) is 0 Å². The van der Waals surface area contributed by atoms with Gasteiger partial charge in [0.1, 0.15) is 5.72 Å². The SMILES string of the molecule is O=C(O)C1COC2(CCN(Cc3ccccc3)CC2)N1C(=O)c1cccnc1. The van der Waals surface area contributed by atoms with Crippen molar-refractivity contribution in [2.45, 2.75) is 31.2 Å². The monoisotopic (exact) mass is 381 g/mol. The first-order chi connectivity index (χ1) is 13.6. The number of rotatable bonds is 4. The molecule has 1 amide bonds. The molecule has 1 atom stereocenters. The summed E-state index contributed by atoms with van der Waals surface area (Å²) in [5, 5.41) is 9.64. The van der Waals surface area contributed by atoms with Gasteiger partial charge in [-0.1, -0.05) is 30.3 Å². The van der Waals surface area contributed by atoms with Crippen LogP contribution in [0.1, 0.15) is 28.8 Å². The van der Waals surface area contributed by atoms with Gasteiger partial charge in [0, 0.05) is 44.9 Å². The number of hydrogen-bond donors (Lipinski definition) is 1. The maximum Gasteiger partial charge on any atom is 0.328 e. The van der Waals surface area contributed by atoms with Gasteiger partial charge in [-0.15, -0.1) is 0 Å². The lowest BCUT2D eigenvalue weighted by molar-refractivity contribution is -0.144. The van der Waals surface area contributed by atoms with Gasteiger partial charge in [-0.3, -0.25) is 19.6 Å². The van der Waals surface area contributed by atoms with Crippen LogP contribution in [0.4, 0.5) is 0 Å². The zero-order valence-electron chi connectivity index (χ0n) is 15.5. The van der Waals surface area contributed by atoms with Crippen LogP contribution in [0.2, 0.25) is 0 Å². The number of carboxylic acid groups (broad SMARTS) is 1. The second-order valence-corrected chi connectivity index (χ2v) is 7.29. The third kappa shape index (κ3) is 3.50. The molecule has 0 radical (unpaired) electrons. The number of hydrogen-bond acceptors (Lipinski definition) is 5. The summed E-state index contributed by atoms with van der Waals surface area (Å²) >= 11 is 0. The van der Waals surface area contributed by atoms with Crippen LogP contribution in [0.5, 0.6) is 0 Å². The Morgan fingerprint density at radius 3 is 2.54 bits per heavy atom. The highest BCUT2D eigenvalue weighted by Crippen LogP contribution is 2.38. The topological polar surface area (TPSA) is 83.0 Å². The molecule has 1 unspecified atom stereocenters. The predicted octanol–water partition coefficient (Wildman–Crippen LogP) is 2.00. The minimum atomic E-state index is -1.04. The number of aliphatic carboxylic acids is 1. The van der Waals surface area contributed by atoms with Crippen LogP contribution in [0.15, 0.2) is 54.9 Å². The molecule has 0 bridgehead atoms. The van der Waals surface area contributed by atoms with Crippen LogP contribution in [-0.2, 0) is 16.1 Å². The van der Waals surface area contributed by atoms with E-state index >= 15 is 0 Å². The number of piperidine rings is 1. The highest BCUT2D eigenvalue weighted by atomic mass is 16.5. The number of nitrogens with zero attached hydrogens (tertiary/aromatic N) is 3. The molecule has 1 spiro atoms. The van der Waals surface area contributed by atoms with Gasteiger partial charge in [0.15, 0.2) is 6.04 Å². The van der Waals surface area contributed by atoms with Crippen molar-refractivity contribution in [3.05, 3.63) is 66.0 Å². The van der Waals surface area contributed by atoms with Crippen LogP contribution in [0, 0.1) is 0 Å². The molecule has 2 aromatic rings. The van der Waals surface area contributed by atoms with Gasteiger partial charge in [0.25, 0.3) is 5.91 Å². The second kappa shape index (κ2) is 7.69. The molecule has 2 aliphatic rings. The van der Waals surface area contributed by atoms with Crippen molar-refractivity contribution in [2.75, 3.05) is 19.7 Å². The number of pyridine rings is 1. The normalized spacial score (nSPS) is 21.7. The van der Waals surface area contributed by atoms with E-state index in [0.29, 0.717) is 18.4 Å². The van der Waals surface area contributed by atoms with Crippen molar-refractivity contribution in [1.82, 2.24) is 14.8 Å². The summed E-state index contributed by atoms with van der Waals surface area (Å²) in [6.45, 7) is 2.31. The number of benzene rings is 1. The minimum Gasteiger partial charge on any atom is -0.480 e. The largest absolute Gasteiger partial charge is 0.480 e. The highest BCUT2D eigenvalue weighted by molar-refractivity contribution is 5.97. The molecule has 4 rings (SSSR count). The van der Waals surface area contributed by atoms with Gasteiger partial charge in [0.05, 0.1) is 12.2 Å². The lowest BCUT2D eigenvalue weighted by Gasteiger charge is -2.44. The standard InChI is InChI=1S/C21H23N3O4/c25-19(17-7-4-10-22-13-17)24-18(20(26)27)15-28-21(24)8-11-23(12-9-21)14-16-5-2-1-3-6-16/h1-7,10,13,18H,8-9,11-12,14-15H2,(H,26,27). The molecule has 0 aliphatic carbocycles. The second-order valence-electron chi connectivity index (χ2n) is 7.29. The Labute approximate surface area is 163 Å². The summed E-state index contributed by atoms with van der Waals surface area (Å²) in [6.07, 6.45) is 4.22. The Hall–Kier alpha value is -2.77. The number of likely N-dealkylation sites (tertiary alicyclic amines) is 1. The van der Waals surface area contributed by atoms with Crippen molar-refractivity contribution in [3.8, 4) is 0 Å². The summed E-state index contributed by atoms with van der Waals surface area (Å²) in [7, 11) is 0. The molecule has 0 saturated carbocycles. The molecule has 7 nitrogen and oxygen atoms in total. The average molecular weight is 381 g/mol. The van der Waals surface area contributed by atoms with E-state index in [9.17, 15) is 14.7 Å². The fourth-order valence-corrected chi connectivity index (χ4v) is 4.09. The van der Waals surface area contributed by atoms with E-state index in [1.165, 1.54) is 16.7 Å². The first kappa shape index (κ1) is 18.6. The van der Waals surface area contributed by atoms with E-state index < -0.39 is 17.7 Å². The Bertz CT molecular complexity index is 835. The molecule has 146 valence electrons. The fraction of sp³-hybridized carbons (Fsp3) is 0.381. The minimum absolute atomic E-state index is 0.0139. The molecular weight excluding hydrogens is 358 g/mol. The van der Waals surface area contributed by atoms with Crippen LogP contribution >= 0.6 is 0 Å². The van der Waals surface area contributed by atoms with Gasteiger partial charge in [-0.05, 0) is 17.7 Å². The Morgan fingerprint density at radius 2 is 1.89 bits per heavy atom. The maximum absolute atomic E-state index is 13.1. The van der Waals surface area contributed by atoms with E-state index in [0.717, 1.165) is 19.6 Å². The van der Waals surface area contributed by atoms with Gasteiger partial charge >= 0.3 is 5.97 Å². The summed E-state index contributed by atoms with van der Waals surface area (Å²) < 4.78 is 5.99. The zero-order valence-corrected chi connectivity index (χ0v) is 15.5. The predicted molar refractivity (Wildman–Crippen MR) is 101 cm³/mol. The number of carbonyl (C=O) groups is 2. The van der Waals surface area contributed by atoms with E-state index in [-0.39, 0.29) is 12.5 Å². The average Bonchev–Trinajstić information content (AvgIpc) is 3.10. The first-order valence-corrected chi connectivity index (χ1v) is 9.46. The number of carboxylic acids is 1. The third-order valence-electron chi connectivity index (χ3n) is 5.56. The summed E-state index contributed by atoms with van der Waals surface area (Å²) in [5.41, 5.74) is 0.742. The van der Waals surface area contributed by atoms with Crippen molar-refractivity contribution < 1.29 is 19.4 Å². The molecule has 28 heavy (non-hydrogen) atoms. The summed E-state index contributed by atoms with van der Waals surface area (Å²) in [6, 6.07) is 12.6. The maximum atomic E-state index is 13.1. The Morgan fingerprint density at radius 1 is 1.14 bits per heavy atom. The van der Waals surface area contributed by atoms with Gasteiger partial charge in [-0.2, -0.15) is 0 Å². The quantitative estimate of drug-likeness (QED) is 0.872. The first-order valence-electron chi connectivity index (χ1n) is 9.46. The zero-order chi connectivity index (χ0) is 19.6. The van der Waals surface area contributed by atoms with Crippen molar-refractivity contribution >= 4 is 11.9 Å². The smallest absolute Gasteiger partial charge is 0.328 e. The fourth-order valence-electron chi connectivity index (χ4n) is 4.09. The molecule has 1 aromatic heterocycles. The molecule has 3 heterocycles. The number of ether oxygens (including phenoxy) is 1. The van der Waals surface area contributed by atoms with E-state index in [2.05, 4.69) is 22.0 Å².